The van der Waals surface area contributed by atoms with Crippen LogP contribution in [0.25, 0.3) is 50.3 Å². The minimum Gasteiger partial charge on any atom is -0.289 e. The van der Waals surface area contributed by atoms with E-state index in [9.17, 15) is 4.79 Å². The normalized spacial score (nSPS) is 11.7. The van der Waals surface area contributed by atoms with Gasteiger partial charge in [0.1, 0.15) is 0 Å². The number of carbonyl (C=O) groups is 1. The molecule has 0 saturated carbocycles. The van der Waals surface area contributed by atoms with Gasteiger partial charge in [0.15, 0.2) is 5.78 Å². The van der Waals surface area contributed by atoms with Crippen LogP contribution in [0, 0.1) is 0 Å². The minimum atomic E-state index is -0.00935. The van der Waals surface area contributed by atoms with Crippen molar-refractivity contribution in [2.75, 3.05) is 0 Å². The van der Waals surface area contributed by atoms with E-state index in [1.165, 1.54) is 0 Å². The molecule has 6 heteroatoms. The van der Waals surface area contributed by atoms with Crippen LogP contribution in [-0.4, -0.2) is 29.1 Å². The molecule has 0 amide bonds. The van der Waals surface area contributed by atoms with Gasteiger partial charge in [-0.1, -0.05) is 66.7 Å². The Morgan fingerprint density at radius 2 is 0.897 bits per heavy atom. The number of rotatable bonds is 3. The molecule has 0 atom stereocenters. The van der Waals surface area contributed by atoms with Crippen molar-refractivity contribution in [3.63, 3.8) is 0 Å². The van der Waals surface area contributed by atoms with E-state index in [4.69, 9.17) is 9.97 Å². The summed E-state index contributed by atoms with van der Waals surface area (Å²) in [7, 11) is 0. The summed E-state index contributed by atoms with van der Waals surface area (Å²) >= 11 is 0. The predicted octanol–water partition coefficient (Wildman–Crippen LogP) is 7.03. The van der Waals surface area contributed by atoms with Crippen LogP contribution in [0.4, 0.5) is 0 Å². The molecule has 3 aromatic heterocycles. The van der Waals surface area contributed by atoms with Crippen molar-refractivity contribution in [2.45, 2.75) is 0 Å². The molecule has 184 valence electrons. The molecule has 8 aromatic rings. The smallest absolute Gasteiger partial charge is 0.223 e. The topological polar surface area (TPSA) is 56.6 Å². The van der Waals surface area contributed by atoms with Gasteiger partial charge in [-0.05, 0) is 60.7 Å². The summed E-state index contributed by atoms with van der Waals surface area (Å²) in [6.45, 7) is 0. The van der Waals surface area contributed by atoms with Crippen LogP contribution < -0.4 is 0 Å². The molecule has 0 aliphatic heterocycles. The third-order valence-electron chi connectivity index (χ3n) is 7.27. The summed E-state index contributed by atoms with van der Waals surface area (Å²) in [6, 6.07) is 41.7. The summed E-state index contributed by atoms with van der Waals surface area (Å²) in [5.74, 6) is 1.46. The molecule has 0 aliphatic carbocycles. The maximum atomic E-state index is 13.1. The molecule has 0 spiro atoms. The summed E-state index contributed by atoms with van der Waals surface area (Å²) in [5, 5.41) is 0. The van der Waals surface area contributed by atoms with Crippen molar-refractivity contribution in [3.8, 4) is 5.69 Å². The monoisotopic (exact) mass is 503 g/mol. The van der Waals surface area contributed by atoms with Crippen LogP contribution in [0.3, 0.4) is 0 Å². The molecule has 0 fully saturated rings. The van der Waals surface area contributed by atoms with Crippen LogP contribution in [-0.2, 0) is 0 Å². The third kappa shape index (κ3) is 3.18. The summed E-state index contributed by atoms with van der Waals surface area (Å²) < 4.78 is 6.46. The van der Waals surface area contributed by atoms with Crippen LogP contribution in [0.1, 0.15) is 15.9 Å². The Labute approximate surface area is 222 Å². The highest BCUT2D eigenvalue weighted by Gasteiger charge is 2.19. The quantitative estimate of drug-likeness (QED) is 0.243. The first-order valence-corrected chi connectivity index (χ1v) is 12.8. The van der Waals surface area contributed by atoms with Gasteiger partial charge in [-0.15, -0.1) is 0 Å². The van der Waals surface area contributed by atoms with Gasteiger partial charge in [0.05, 0.1) is 38.8 Å². The number of para-hydroxylation sites is 6. The Morgan fingerprint density at radius 1 is 0.462 bits per heavy atom. The lowest BCUT2D eigenvalue weighted by Gasteiger charge is -2.08. The van der Waals surface area contributed by atoms with E-state index in [0.717, 1.165) is 50.3 Å². The minimum absolute atomic E-state index is 0.00935. The van der Waals surface area contributed by atoms with Gasteiger partial charge in [0.25, 0.3) is 0 Å². The molecule has 5 aromatic carbocycles. The van der Waals surface area contributed by atoms with Gasteiger partial charge in [-0.25, -0.2) is 14.5 Å². The molecule has 0 aliphatic rings. The molecule has 0 saturated heterocycles. The largest absolute Gasteiger partial charge is 0.289 e. The van der Waals surface area contributed by atoms with E-state index in [-0.39, 0.29) is 5.78 Å². The standard InChI is InChI=1S/C33H21N5O/c39-31(22-10-2-1-3-11-22)23-18-20-24(21-19-23)36-32-34-25-12-4-6-14-27(25)37(32)29-16-8-9-17-30(29)38-28-15-7-5-13-26(28)35-33(36)38/h1-21H. The molecule has 6 nitrogen and oxygen atoms in total. The van der Waals surface area contributed by atoms with Gasteiger partial charge in [0, 0.05) is 11.1 Å². The highest BCUT2D eigenvalue weighted by molar-refractivity contribution is 6.09. The van der Waals surface area contributed by atoms with Crippen molar-refractivity contribution in [1.29, 1.82) is 0 Å². The Balaban J connectivity index is 1.52. The summed E-state index contributed by atoms with van der Waals surface area (Å²) in [6.07, 6.45) is 0. The van der Waals surface area contributed by atoms with Crippen LogP contribution in [0.5, 0.6) is 0 Å². The lowest BCUT2D eigenvalue weighted by molar-refractivity contribution is 0.103. The van der Waals surface area contributed by atoms with E-state index < -0.39 is 0 Å². The summed E-state index contributed by atoms with van der Waals surface area (Å²) in [5.41, 5.74) is 8.00. The average molecular weight is 504 g/mol. The van der Waals surface area contributed by atoms with Crippen molar-refractivity contribution >= 4 is 50.4 Å². The number of carbonyl (C=O) groups excluding carboxylic acids is 1. The zero-order chi connectivity index (χ0) is 25.9. The first-order valence-electron chi connectivity index (χ1n) is 12.8. The van der Waals surface area contributed by atoms with Gasteiger partial charge >= 0.3 is 0 Å². The molecule has 8 rings (SSSR count). The average Bonchev–Trinajstić information content (AvgIpc) is 3.53. The molecular formula is C33H21N5O. The molecule has 39 heavy (non-hydrogen) atoms. The van der Waals surface area contributed by atoms with Crippen LogP contribution in [0.2, 0.25) is 0 Å². The molecular weight excluding hydrogens is 482 g/mol. The van der Waals surface area contributed by atoms with E-state index in [1.807, 2.05) is 91.0 Å². The molecule has 3 heterocycles. The van der Waals surface area contributed by atoms with E-state index in [2.05, 4.69) is 49.8 Å². The molecule has 0 radical (unpaired) electrons. The maximum absolute atomic E-state index is 13.1. The highest BCUT2D eigenvalue weighted by Crippen LogP contribution is 2.29. The fourth-order valence-electron chi connectivity index (χ4n) is 5.48. The first-order chi connectivity index (χ1) is 19.3. The van der Waals surface area contributed by atoms with Crippen LogP contribution >= 0.6 is 0 Å². The van der Waals surface area contributed by atoms with Gasteiger partial charge < -0.3 is 0 Å². The van der Waals surface area contributed by atoms with Crippen molar-refractivity contribution in [1.82, 2.24) is 23.3 Å². The summed E-state index contributed by atoms with van der Waals surface area (Å²) in [4.78, 5) is 23.3. The van der Waals surface area contributed by atoms with Crippen molar-refractivity contribution < 1.29 is 4.79 Å². The third-order valence-corrected chi connectivity index (χ3v) is 7.27. The van der Waals surface area contributed by atoms with Gasteiger partial charge in [0.2, 0.25) is 11.6 Å². The number of ketones is 1. The number of nitrogens with zero attached hydrogens (tertiary/aromatic N) is 5. The Bertz CT molecular complexity index is 2120. The Morgan fingerprint density at radius 3 is 1.44 bits per heavy atom. The number of fused-ring (bicyclic) bond motifs is 9. The molecule has 0 unspecified atom stereocenters. The number of hydrogen-bond donors (Lipinski definition) is 0. The lowest BCUT2D eigenvalue weighted by atomic mass is 10.0. The number of benzene rings is 5. The second-order valence-electron chi connectivity index (χ2n) is 9.54. The van der Waals surface area contributed by atoms with Gasteiger partial charge in [-0.2, -0.15) is 0 Å². The predicted molar refractivity (Wildman–Crippen MR) is 154 cm³/mol. The lowest BCUT2D eigenvalue weighted by Crippen LogP contribution is -2.04. The van der Waals surface area contributed by atoms with E-state index in [0.29, 0.717) is 11.1 Å². The molecule has 0 N–H and O–H groups in total. The fraction of sp³-hybridized carbons (Fsp3) is 0. The number of hydrogen-bond acceptors (Lipinski definition) is 3. The van der Waals surface area contributed by atoms with E-state index >= 15 is 0 Å². The Hall–Kier alpha value is -5.49. The van der Waals surface area contributed by atoms with Crippen molar-refractivity contribution in [2.24, 2.45) is 0 Å². The van der Waals surface area contributed by atoms with E-state index in [1.54, 1.807) is 0 Å². The zero-order valence-electron chi connectivity index (χ0n) is 20.8. The SMILES string of the molecule is O=C(c1ccccc1)c1ccc(-n2c3nc4ccccc4n3c3ccccc3n3c4ccccc4nc23)cc1. The van der Waals surface area contributed by atoms with Crippen LogP contribution in [0.15, 0.2) is 127 Å². The zero-order valence-corrected chi connectivity index (χ0v) is 20.8. The fourth-order valence-corrected chi connectivity index (χ4v) is 5.48. The van der Waals surface area contributed by atoms with Crippen molar-refractivity contribution in [3.05, 3.63) is 139 Å². The highest BCUT2D eigenvalue weighted by atomic mass is 16.1. The van der Waals surface area contributed by atoms with Gasteiger partial charge in [-0.3, -0.25) is 13.6 Å². The Kier molecular flexibility index (Phi) is 4.57. The number of imidazole rings is 2. The first kappa shape index (κ1) is 21.6. The maximum Gasteiger partial charge on any atom is 0.223 e. The molecule has 0 bridgehead atoms. The second-order valence-corrected chi connectivity index (χ2v) is 9.54. The second kappa shape index (κ2) is 8.26. The number of aromatic nitrogens is 5.